The average Bonchev–Trinajstić information content (AvgIpc) is 3.09. The van der Waals surface area contributed by atoms with Crippen molar-refractivity contribution < 1.29 is 14.3 Å². The van der Waals surface area contributed by atoms with Crippen molar-refractivity contribution in [3.8, 4) is 5.75 Å². The summed E-state index contributed by atoms with van der Waals surface area (Å²) in [6, 6.07) is 7.75. The van der Waals surface area contributed by atoms with Crippen LogP contribution in [-0.4, -0.2) is 29.9 Å². The SMILES string of the molecule is CCCC1=C(C(=O)OCC)C(c2ccccc2OC)c2c[nH]nc2N1. The average molecular weight is 341 g/mol. The lowest BCUT2D eigenvalue weighted by atomic mass is 9.81. The van der Waals surface area contributed by atoms with Crippen LogP contribution in [0.25, 0.3) is 0 Å². The standard InChI is InChI=1S/C19H23N3O3/c1-4-8-14-17(19(23)25-5-2)16(13-11-20-22-18(13)21-14)12-9-6-7-10-15(12)24-3/h6-7,9-11,16H,4-5,8H2,1-3H3,(H2,20,21,22). The van der Waals surface area contributed by atoms with Crippen molar-refractivity contribution in [2.45, 2.75) is 32.6 Å². The highest BCUT2D eigenvalue weighted by Gasteiger charge is 2.36. The summed E-state index contributed by atoms with van der Waals surface area (Å²) in [5.41, 5.74) is 3.32. The Bertz CT molecular complexity index is 795. The smallest absolute Gasteiger partial charge is 0.336 e. The second-order valence-corrected chi connectivity index (χ2v) is 5.85. The third kappa shape index (κ3) is 3.12. The van der Waals surface area contributed by atoms with Gasteiger partial charge < -0.3 is 14.8 Å². The molecule has 2 aromatic rings. The number of anilines is 1. The molecule has 0 fully saturated rings. The summed E-state index contributed by atoms with van der Waals surface area (Å²) in [5, 5.41) is 10.5. The van der Waals surface area contributed by atoms with Crippen molar-refractivity contribution in [1.29, 1.82) is 0 Å². The predicted octanol–water partition coefficient (Wildman–Crippen LogP) is 3.59. The molecular weight excluding hydrogens is 318 g/mol. The molecule has 0 radical (unpaired) electrons. The van der Waals surface area contributed by atoms with E-state index in [1.165, 1.54) is 0 Å². The first-order valence-electron chi connectivity index (χ1n) is 8.55. The van der Waals surface area contributed by atoms with Crippen molar-refractivity contribution in [2.75, 3.05) is 19.0 Å². The van der Waals surface area contributed by atoms with Gasteiger partial charge in [-0.15, -0.1) is 0 Å². The number of benzene rings is 1. The zero-order valence-corrected chi connectivity index (χ0v) is 14.8. The van der Waals surface area contributed by atoms with Crippen LogP contribution in [0, 0.1) is 0 Å². The number of nitrogens with zero attached hydrogens (tertiary/aromatic N) is 1. The van der Waals surface area contributed by atoms with E-state index in [-0.39, 0.29) is 11.9 Å². The molecule has 0 saturated carbocycles. The zero-order valence-electron chi connectivity index (χ0n) is 14.8. The van der Waals surface area contributed by atoms with Gasteiger partial charge in [-0.1, -0.05) is 31.5 Å². The number of hydrogen-bond donors (Lipinski definition) is 2. The quantitative estimate of drug-likeness (QED) is 0.785. The number of carbonyl (C=O) groups is 1. The van der Waals surface area contributed by atoms with E-state index in [1.54, 1.807) is 7.11 Å². The number of methoxy groups -OCH3 is 1. The molecule has 132 valence electrons. The molecule has 6 heteroatoms. The van der Waals surface area contributed by atoms with Gasteiger partial charge in [0.1, 0.15) is 5.75 Å². The molecule has 0 aliphatic carbocycles. The van der Waals surface area contributed by atoms with Crippen LogP contribution in [0.3, 0.4) is 0 Å². The molecule has 1 aromatic carbocycles. The van der Waals surface area contributed by atoms with Crippen molar-refractivity contribution in [2.24, 2.45) is 0 Å². The number of ether oxygens (including phenoxy) is 2. The topological polar surface area (TPSA) is 76.2 Å². The Kier molecular flexibility index (Phi) is 5.07. The van der Waals surface area contributed by atoms with Crippen LogP contribution >= 0.6 is 0 Å². The number of H-pyrrole nitrogens is 1. The Morgan fingerprint density at radius 1 is 1.24 bits per heavy atom. The highest BCUT2D eigenvalue weighted by atomic mass is 16.5. The van der Waals surface area contributed by atoms with Crippen molar-refractivity contribution >= 4 is 11.8 Å². The molecule has 0 amide bonds. The minimum Gasteiger partial charge on any atom is -0.496 e. The van der Waals surface area contributed by atoms with E-state index in [2.05, 4.69) is 22.4 Å². The number of esters is 1. The summed E-state index contributed by atoms with van der Waals surface area (Å²) >= 11 is 0. The van der Waals surface area contributed by atoms with E-state index in [1.807, 2.05) is 37.4 Å². The van der Waals surface area contributed by atoms with Crippen LogP contribution in [0.5, 0.6) is 5.75 Å². The second-order valence-electron chi connectivity index (χ2n) is 5.85. The molecule has 2 N–H and O–H groups in total. The maximum absolute atomic E-state index is 12.8. The van der Waals surface area contributed by atoms with Crippen LogP contribution < -0.4 is 10.1 Å². The monoisotopic (exact) mass is 341 g/mol. The third-order valence-electron chi connectivity index (χ3n) is 4.31. The molecular formula is C19H23N3O3. The van der Waals surface area contributed by atoms with Gasteiger partial charge in [-0.05, 0) is 19.4 Å². The fraction of sp³-hybridized carbons (Fsp3) is 0.368. The van der Waals surface area contributed by atoms with Gasteiger partial charge in [0.25, 0.3) is 0 Å². The Morgan fingerprint density at radius 3 is 2.76 bits per heavy atom. The lowest BCUT2D eigenvalue weighted by molar-refractivity contribution is -0.138. The Hall–Kier alpha value is -2.76. The molecule has 6 nitrogen and oxygen atoms in total. The van der Waals surface area contributed by atoms with E-state index >= 15 is 0 Å². The third-order valence-corrected chi connectivity index (χ3v) is 4.31. The largest absolute Gasteiger partial charge is 0.496 e. The van der Waals surface area contributed by atoms with Gasteiger partial charge in [-0.3, -0.25) is 5.10 Å². The Morgan fingerprint density at radius 2 is 2.04 bits per heavy atom. The Labute approximate surface area is 147 Å². The first kappa shape index (κ1) is 17.1. The highest BCUT2D eigenvalue weighted by molar-refractivity contribution is 5.94. The zero-order chi connectivity index (χ0) is 17.8. The number of nitrogens with one attached hydrogen (secondary N) is 2. The number of aromatic nitrogens is 2. The molecule has 1 aliphatic rings. The van der Waals surface area contributed by atoms with Crippen molar-refractivity contribution in [1.82, 2.24) is 10.2 Å². The number of aromatic amines is 1. The normalized spacial score (nSPS) is 16.2. The highest BCUT2D eigenvalue weighted by Crippen LogP contribution is 2.44. The number of fused-ring (bicyclic) bond motifs is 1. The van der Waals surface area contributed by atoms with Crippen LogP contribution in [-0.2, 0) is 9.53 Å². The molecule has 25 heavy (non-hydrogen) atoms. The number of rotatable bonds is 6. The maximum Gasteiger partial charge on any atom is 0.336 e. The minimum absolute atomic E-state index is 0.285. The number of hydrogen-bond acceptors (Lipinski definition) is 5. The minimum atomic E-state index is -0.304. The molecule has 0 saturated heterocycles. The summed E-state index contributed by atoms with van der Waals surface area (Å²) < 4.78 is 10.9. The second kappa shape index (κ2) is 7.42. The van der Waals surface area contributed by atoms with Crippen LogP contribution in [0.4, 0.5) is 5.82 Å². The van der Waals surface area contributed by atoms with Gasteiger partial charge in [-0.25, -0.2) is 4.79 Å². The summed E-state index contributed by atoms with van der Waals surface area (Å²) in [7, 11) is 1.64. The summed E-state index contributed by atoms with van der Waals surface area (Å²) in [6.45, 7) is 4.23. The van der Waals surface area contributed by atoms with Gasteiger partial charge >= 0.3 is 5.97 Å². The van der Waals surface area contributed by atoms with Gasteiger partial charge in [-0.2, -0.15) is 5.10 Å². The van der Waals surface area contributed by atoms with Gasteiger partial charge in [0.15, 0.2) is 5.82 Å². The fourth-order valence-electron chi connectivity index (χ4n) is 3.28. The summed E-state index contributed by atoms with van der Waals surface area (Å²) in [6.07, 6.45) is 3.47. The van der Waals surface area contributed by atoms with Crippen molar-refractivity contribution in [3.05, 3.63) is 52.9 Å². The van der Waals surface area contributed by atoms with E-state index in [0.717, 1.165) is 41.2 Å². The predicted molar refractivity (Wildman–Crippen MR) is 95.6 cm³/mol. The lowest BCUT2D eigenvalue weighted by Gasteiger charge is -2.29. The van der Waals surface area contributed by atoms with Crippen LogP contribution in [0.1, 0.15) is 43.7 Å². The lowest BCUT2D eigenvalue weighted by Crippen LogP contribution is -2.25. The number of carbonyl (C=O) groups excluding carboxylic acids is 1. The molecule has 1 unspecified atom stereocenters. The summed E-state index contributed by atoms with van der Waals surface area (Å²) in [4.78, 5) is 12.8. The van der Waals surface area contributed by atoms with Gasteiger partial charge in [0.2, 0.25) is 0 Å². The molecule has 1 atom stereocenters. The van der Waals surface area contributed by atoms with Crippen LogP contribution in [0.15, 0.2) is 41.7 Å². The molecule has 0 spiro atoms. The number of allylic oxidation sites excluding steroid dienone is 1. The first-order valence-corrected chi connectivity index (χ1v) is 8.55. The summed E-state index contributed by atoms with van der Waals surface area (Å²) in [5.74, 6) is 0.888. The molecule has 1 aliphatic heterocycles. The molecule has 2 heterocycles. The van der Waals surface area contributed by atoms with E-state index in [4.69, 9.17) is 9.47 Å². The van der Waals surface area contributed by atoms with E-state index in [9.17, 15) is 4.79 Å². The maximum atomic E-state index is 12.8. The molecule has 0 bridgehead atoms. The number of para-hydroxylation sites is 1. The van der Waals surface area contributed by atoms with Gasteiger partial charge in [0.05, 0.1) is 25.2 Å². The van der Waals surface area contributed by atoms with Crippen LogP contribution in [0.2, 0.25) is 0 Å². The van der Waals surface area contributed by atoms with E-state index < -0.39 is 0 Å². The fourth-order valence-corrected chi connectivity index (χ4v) is 3.28. The van der Waals surface area contributed by atoms with E-state index in [0.29, 0.717) is 12.2 Å². The molecule has 3 rings (SSSR count). The van der Waals surface area contributed by atoms with Crippen molar-refractivity contribution in [3.63, 3.8) is 0 Å². The Balaban J connectivity index is 2.21. The molecule has 1 aromatic heterocycles. The van der Waals surface area contributed by atoms with Gasteiger partial charge in [0, 0.05) is 23.0 Å². The first-order chi connectivity index (χ1) is 12.2.